The number of nitrogens with zero attached hydrogens (tertiary/aromatic N) is 1. The van der Waals surface area contributed by atoms with Gasteiger partial charge >= 0.3 is 0 Å². The van der Waals surface area contributed by atoms with Crippen LogP contribution in [0.5, 0.6) is 0 Å². The first-order valence-corrected chi connectivity index (χ1v) is 6.48. The van der Waals surface area contributed by atoms with Crippen LogP contribution in [0.4, 0.5) is 0 Å². The van der Waals surface area contributed by atoms with Crippen LogP contribution in [-0.2, 0) is 29.8 Å². The van der Waals surface area contributed by atoms with Crippen molar-refractivity contribution in [2.45, 2.75) is 10.5 Å². The topological polar surface area (TPSA) is 166 Å². The summed E-state index contributed by atoms with van der Waals surface area (Å²) in [6.07, 6.45) is 0. The molecule has 1 fully saturated rings. The average molecular weight is 275 g/mol. The molecule has 12 heteroatoms. The summed E-state index contributed by atoms with van der Waals surface area (Å²) in [5.74, 6) is -3.70. The van der Waals surface area contributed by atoms with Crippen molar-refractivity contribution in [1.29, 1.82) is 0 Å². The van der Waals surface area contributed by atoms with Gasteiger partial charge < -0.3 is 0 Å². The van der Waals surface area contributed by atoms with Crippen molar-refractivity contribution in [3.05, 3.63) is 0 Å². The third-order valence-electron chi connectivity index (χ3n) is 1.82. The highest BCUT2D eigenvalue weighted by Crippen LogP contribution is 2.23. The van der Waals surface area contributed by atoms with Gasteiger partial charge in [-0.2, -0.15) is 21.9 Å². The fourth-order valence-corrected chi connectivity index (χ4v) is 3.59. The zero-order chi connectivity index (χ0) is 12.9. The van der Waals surface area contributed by atoms with Gasteiger partial charge in [0.25, 0.3) is 32.1 Å². The van der Waals surface area contributed by atoms with Crippen LogP contribution < -0.4 is 0 Å². The average Bonchev–Trinajstić information content (AvgIpc) is 2.27. The molecule has 1 aliphatic heterocycles. The molecule has 1 aliphatic rings. The summed E-state index contributed by atoms with van der Waals surface area (Å²) in [5.41, 5.74) is 0. The fourth-order valence-electron chi connectivity index (χ4n) is 1.18. The van der Waals surface area contributed by atoms with Crippen molar-refractivity contribution in [1.82, 2.24) is 5.06 Å². The molecule has 0 saturated carbocycles. The molecule has 0 spiro atoms. The molecule has 0 radical (unpaired) electrons. The Morgan fingerprint density at radius 2 is 1.12 bits per heavy atom. The molecule has 1 saturated heterocycles. The standard InChI is InChI=1S/C4H5NO9S2/c6-3-1(15(9,10)11)2(16(12,13)14)4(7)5(3)8/h1-2,8H,(H,9,10,11)(H,12,13,14). The number of hydrogen-bond donors (Lipinski definition) is 3. The van der Waals surface area contributed by atoms with E-state index in [4.69, 9.17) is 14.3 Å². The Labute approximate surface area is 88.9 Å². The Kier molecular flexibility index (Phi) is 2.81. The van der Waals surface area contributed by atoms with Crippen LogP contribution in [-0.4, -0.2) is 58.5 Å². The van der Waals surface area contributed by atoms with E-state index in [1.54, 1.807) is 0 Å². The van der Waals surface area contributed by atoms with E-state index in [0.717, 1.165) is 0 Å². The van der Waals surface area contributed by atoms with Gasteiger partial charge in [0, 0.05) is 0 Å². The first kappa shape index (κ1) is 13.0. The maximum Gasteiger partial charge on any atom is 0.279 e. The van der Waals surface area contributed by atoms with E-state index >= 15 is 0 Å². The molecule has 16 heavy (non-hydrogen) atoms. The van der Waals surface area contributed by atoms with Crippen LogP contribution in [0.1, 0.15) is 0 Å². The van der Waals surface area contributed by atoms with Gasteiger partial charge in [-0.25, -0.2) is 0 Å². The van der Waals surface area contributed by atoms with Gasteiger partial charge in [0.1, 0.15) is 0 Å². The first-order valence-electron chi connectivity index (χ1n) is 3.47. The summed E-state index contributed by atoms with van der Waals surface area (Å²) in [5, 5.41) is 2.41. The highest BCUT2D eigenvalue weighted by molar-refractivity contribution is 7.91. The van der Waals surface area contributed by atoms with Gasteiger partial charge in [0.15, 0.2) is 10.5 Å². The van der Waals surface area contributed by atoms with Crippen LogP contribution >= 0.6 is 0 Å². The van der Waals surface area contributed by atoms with E-state index in [1.807, 2.05) is 0 Å². The Balaban J connectivity index is 3.46. The van der Waals surface area contributed by atoms with Crippen LogP contribution in [0.2, 0.25) is 0 Å². The lowest BCUT2D eigenvalue weighted by molar-refractivity contribution is -0.170. The third-order valence-corrected chi connectivity index (χ3v) is 4.22. The number of hydroxylamine groups is 2. The third kappa shape index (κ3) is 1.92. The number of imide groups is 1. The quantitative estimate of drug-likeness (QED) is 0.275. The second kappa shape index (κ2) is 3.46. The minimum Gasteiger partial charge on any atom is -0.285 e. The zero-order valence-electron chi connectivity index (χ0n) is 7.21. The molecule has 2 unspecified atom stereocenters. The van der Waals surface area contributed by atoms with Crippen LogP contribution in [0, 0.1) is 0 Å². The molecule has 92 valence electrons. The SMILES string of the molecule is O=C1C(S(=O)(=O)O)C(S(=O)(=O)O)C(=O)N1O. The molecule has 2 amide bonds. The Bertz CT molecular complexity index is 494. The van der Waals surface area contributed by atoms with Crippen LogP contribution in [0.25, 0.3) is 0 Å². The molecule has 2 atom stereocenters. The largest absolute Gasteiger partial charge is 0.285 e. The van der Waals surface area contributed by atoms with E-state index in [0.29, 0.717) is 0 Å². The smallest absolute Gasteiger partial charge is 0.279 e. The fraction of sp³-hybridized carbons (Fsp3) is 0.500. The number of rotatable bonds is 2. The predicted octanol–water partition coefficient (Wildman–Crippen LogP) is -2.74. The summed E-state index contributed by atoms with van der Waals surface area (Å²) in [6.45, 7) is 0. The van der Waals surface area contributed by atoms with Crippen molar-refractivity contribution in [3.63, 3.8) is 0 Å². The van der Waals surface area contributed by atoms with Crippen LogP contribution in [0.3, 0.4) is 0 Å². The second-order valence-corrected chi connectivity index (χ2v) is 5.94. The summed E-state index contributed by atoms with van der Waals surface area (Å²) >= 11 is 0. The van der Waals surface area contributed by atoms with Gasteiger partial charge in [-0.05, 0) is 0 Å². The van der Waals surface area contributed by atoms with Crippen molar-refractivity contribution in [2.24, 2.45) is 0 Å². The van der Waals surface area contributed by atoms with Gasteiger partial charge in [-0.3, -0.25) is 23.9 Å². The van der Waals surface area contributed by atoms with Crippen molar-refractivity contribution >= 4 is 32.1 Å². The molecular formula is C4H5NO9S2. The molecule has 0 aromatic rings. The predicted molar refractivity (Wildman–Crippen MR) is 44.3 cm³/mol. The molecule has 1 rings (SSSR count). The molecule has 0 aromatic heterocycles. The molecule has 10 nitrogen and oxygen atoms in total. The molecule has 3 N–H and O–H groups in total. The Hall–Kier alpha value is -1.08. The highest BCUT2D eigenvalue weighted by Gasteiger charge is 2.60. The van der Waals surface area contributed by atoms with Crippen molar-refractivity contribution in [2.75, 3.05) is 0 Å². The van der Waals surface area contributed by atoms with E-state index in [9.17, 15) is 26.4 Å². The van der Waals surface area contributed by atoms with Gasteiger partial charge in [-0.1, -0.05) is 0 Å². The molecular weight excluding hydrogens is 270 g/mol. The van der Waals surface area contributed by atoms with E-state index in [-0.39, 0.29) is 0 Å². The maximum atomic E-state index is 11.0. The van der Waals surface area contributed by atoms with Gasteiger partial charge in [0.2, 0.25) is 0 Å². The first-order chi connectivity index (χ1) is 6.98. The molecule has 1 heterocycles. The Morgan fingerprint density at radius 1 is 0.875 bits per heavy atom. The van der Waals surface area contributed by atoms with Gasteiger partial charge in [-0.15, -0.1) is 0 Å². The molecule has 0 aromatic carbocycles. The number of amides is 2. The van der Waals surface area contributed by atoms with Crippen molar-refractivity contribution in [3.8, 4) is 0 Å². The lowest BCUT2D eigenvalue weighted by Crippen LogP contribution is -2.41. The zero-order valence-corrected chi connectivity index (χ0v) is 8.84. The normalized spacial score (nSPS) is 27.6. The Morgan fingerprint density at radius 3 is 1.31 bits per heavy atom. The van der Waals surface area contributed by atoms with Gasteiger partial charge in [0.05, 0.1) is 0 Å². The number of carbonyl (C=O) groups is 2. The summed E-state index contributed by atoms with van der Waals surface area (Å²) < 4.78 is 59.7. The van der Waals surface area contributed by atoms with Crippen LogP contribution in [0.15, 0.2) is 0 Å². The highest BCUT2D eigenvalue weighted by atomic mass is 32.2. The van der Waals surface area contributed by atoms with E-state index in [1.165, 1.54) is 0 Å². The molecule has 0 bridgehead atoms. The van der Waals surface area contributed by atoms with E-state index < -0.39 is 47.6 Å². The number of hydrogen-bond acceptors (Lipinski definition) is 7. The summed E-state index contributed by atoms with van der Waals surface area (Å²) in [7, 11) is -10.5. The number of carbonyl (C=O) groups excluding carboxylic acids is 2. The summed E-state index contributed by atoms with van der Waals surface area (Å²) in [4.78, 5) is 21.9. The summed E-state index contributed by atoms with van der Waals surface area (Å²) in [6, 6.07) is 0. The minimum atomic E-state index is -5.26. The van der Waals surface area contributed by atoms with E-state index in [2.05, 4.69) is 0 Å². The molecule has 0 aliphatic carbocycles. The lowest BCUT2D eigenvalue weighted by atomic mass is 10.3. The monoisotopic (exact) mass is 275 g/mol. The second-order valence-electron chi connectivity index (χ2n) is 2.86. The van der Waals surface area contributed by atoms with Crippen molar-refractivity contribution < 1.29 is 40.7 Å². The lowest BCUT2D eigenvalue weighted by Gasteiger charge is -2.08. The minimum absolute atomic E-state index is 0.781. The maximum absolute atomic E-state index is 11.0.